The molecular weight excluding hydrogens is 296 g/mol. The summed E-state index contributed by atoms with van der Waals surface area (Å²) in [6.07, 6.45) is 3.91. The lowest BCUT2D eigenvalue weighted by Crippen LogP contribution is -2.27. The van der Waals surface area contributed by atoms with E-state index in [0.29, 0.717) is 12.8 Å². The maximum absolute atomic E-state index is 11.1. The maximum Gasteiger partial charge on any atom is 0.303 e. The lowest BCUT2D eigenvalue weighted by Gasteiger charge is -2.30. The molecule has 1 aliphatic rings. The highest BCUT2D eigenvalue weighted by molar-refractivity contribution is 5.77. The van der Waals surface area contributed by atoms with Gasteiger partial charge in [0.15, 0.2) is 0 Å². The number of nitrogens with zero attached hydrogens (tertiary/aromatic N) is 2. The largest absolute Gasteiger partial charge is 0.481 e. The molecule has 0 spiro atoms. The SMILES string of the molecule is O=C(O)CCC1(CCC(=O)O)c2cccnc2-c2ncccc21. The van der Waals surface area contributed by atoms with E-state index in [1.54, 1.807) is 24.5 Å². The monoisotopic (exact) mass is 312 g/mol. The van der Waals surface area contributed by atoms with E-state index < -0.39 is 17.4 Å². The fourth-order valence-electron chi connectivity index (χ4n) is 3.41. The van der Waals surface area contributed by atoms with Gasteiger partial charge in [-0.2, -0.15) is 0 Å². The second-order valence-corrected chi connectivity index (χ2v) is 5.67. The van der Waals surface area contributed by atoms with E-state index in [1.165, 1.54) is 0 Å². The molecule has 23 heavy (non-hydrogen) atoms. The molecule has 6 nitrogen and oxygen atoms in total. The van der Waals surface area contributed by atoms with Crippen LogP contribution < -0.4 is 0 Å². The Kier molecular flexibility index (Phi) is 3.82. The van der Waals surface area contributed by atoms with Crippen LogP contribution in [-0.4, -0.2) is 32.1 Å². The zero-order chi connectivity index (χ0) is 16.4. The Morgan fingerprint density at radius 3 is 1.70 bits per heavy atom. The molecular formula is C17H16N2O4. The van der Waals surface area contributed by atoms with Crippen molar-refractivity contribution in [3.05, 3.63) is 47.8 Å². The predicted molar refractivity (Wildman–Crippen MR) is 82.0 cm³/mol. The molecule has 2 N–H and O–H groups in total. The number of hydrogen-bond acceptors (Lipinski definition) is 4. The molecule has 0 amide bonds. The van der Waals surface area contributed by atoms with Crippen LogP contribution in [-0.2, 0) is 15.0 Å². The zero-order valence-electron chi connectivity index (χ0n) is 12.4. The van der Waals surface area contributed by atoms with Gasteiger partial charge in [-0.1, -0.05) is 12.1 Å². The van der Waals surface area contributed by atoms with E-state index in [4.69, 9.17) is 10.2 Å². The Morgan fingerprint density at radius 1 is 0.870 bits per heavy atom. The van der Waals surface area contributed by atoms with Crippen LogP contribution in [0.25, 0.3) is 11.4 Å². The summed E-state index contributed by atoms with van der Waals surface area (Å²) in [6.45, 7) is 0. The van der Waals surface area contributed by atoms with Crippen LogP contribution in [0.3, 0.4) is 0 Å². The first kappa shape index (κ1) is 15.1. The van der Waals surface area contributed by atoms with Crippen molar-refractivity contribution in [2.45, 2.75) is 31.1 Å². The third-order valence-corrected chi connectivity index (χ3v) is 4.40. The maximum atomic E-state index is 11.1. The first-order chi connectivity index (χ1) is 11.0. The van der Waals surface area contributed by atoms with Gasteiger partial charge in [-0.25, -0.2) is 0 Å². The van der Waals surface area contributed by atoms with Crippen LogP contribution >= 0.6 is 0 Å². The number of fused-ring (bicyclic) bond motifs is 3. The molecule has 0 aromatic carbocycles. The summed E-state index contributed by atoms with van der Waals surface area (Å²) in [6, 6.07) is 7.38. The lowest BCUT2D eigenvalue weighted by molar-refractivity contribution is -0.137. The van der Waals surface area contributed by atoms with Crippen LogP contribution in [0.4, 0.5) is 0 Å². The van der Waals surface area contributed by atoms with E-state index in [-0.39, 0.29) is 12.8 Å². The topological polar surface area (TPSA) is 100 Å². The molecule has 118 valence electrons. The lowest BCUT2D eigenvalue weighted by atomic mass is 9.72. The van der Waals surface area contributed by atoms with Gasteiger partial charge >= 0.3 is 11.9 Å². The Bertz CT molecular complexity index is 707. The first-order valence-corrected chi connectivity index (χ1v) is 7.39. The number of aromatic nitrogens is 2. The Labute approximate surface area is 132 Å². The normalized spacial score (nSPS) is 14.1. The Morgan fingerprint density at radius 2 is 1.30 bits per heavy atom. The van der Waals surface area contributed by atoms with Crippen molar-refractivity contribution < 1.29 is 19.8 Å². The Hall–Kier alpha value is -2.76. The molecule has 0 fully saturated rings. The highest BCUT2D eigenvalue weighted by Crippen LogP contribution is 2.51. The highest BCUT2D eigenvalue weighted by Gasteiger charge is 2.44. The van der Waals surface area contributed by atoms with Crippen molar-refractivity contribution >= 4 is 11.9 Å². The number of pyridine rings is 2. The average molecular weight is 312 g/mol. The predicted octanol–water partition coefficient (Wildman–Crippen LogP) is 2.47. The molecule has 2 aromatic rings. The van der Waals surface area contributed by atoms with Crippen LogP contribution in [0, 0.1) is 0 Å². The average Bonchev–Trinajstić information content (AvgIpc) is 2.82. The smallest absolute Gasteiger partial charge is 0.303 e. The molecule has 0 unspecified atom stereocenters. The van der Waals surface area contributed by atoms with Crippen molar-refractivity contribution in [2.24, 2.45) is 0 Å². The zero-order valence-corrected chi connectivity index (χ0v) is 12.4. The summed E-state index contributed by atoms with van der Waals surface area (Å²) >= 11 is 0. The van der Waals surface area contributed by atoms with Crippen molar-refractivity contribution in [1.82, 2.24) is 9.97 Å². The number of carbonyl (C=O) groups is 2. The van der Waals surface area contributed by atoms with Crippen LogP contribution in [0.1, 0.15) is 36.8 Å². The highest BCUT2D eigenvalue weighted by atomic mass is 16.4. The summed E-state index contributed by atoms with van der Waals surface area (Å²) in [5, 5.41) is 18.2. The van der Waals surface area contributed by atoms with E-state index >= 15 is 0 Å². The van der Waals surface area contributed by atoms with Crippen molar-refractivity contribution in [2.75, 3.05) is 0 Å². The molecule has 3 rings (SSSR count). The van der Waals surface area contributed by atoms with Crippen LogP contribution in [0.5, 0.6) is 0 Å². The quantitative estimate of drug-likeness (QED) is 0.850. The molecule has 0 aliphatic heterocycles. The van der Waals surface area contributed by atoms with E-state index in [1.807, 2.05) is 12.1 Å². The van der Waals surface area contributed by atoms with Gasteiger partial charge < -0.3 is 10.2 Å². The second kappa shape index (κ2) is 5.79. The minimum absolute atomic E-state index is 0.0394. The summed E-state index contributed by atoms with van der Waals surface area (Å²) in [7, 11) is 0. The van der Waals surface area contributed by atoms with Gasteiger partial charge in [-0.3, -0.25) is 19.6 Å². The Balaban J connectivity index is 2.16. The summed E-state index contributed by atoms with van der Waals surface area (Å²) in [5.74, 6) is -1.80. The van der Waals surface area contributed by atoms with Crippen molar-refractivity contribution in [3.63, 3.8) is 0 Å². The number of hydrogen-bond donors (Lipinski definition) is 2. The van der Waals surface area contributed by atoms with E-state index in [2.05, 4.69) is 9.97 Å². The van der Waals surface area contributed by atoms with Crippen LogP contribution in [0.15, 0.2) is 36.7 Å². The third-order valence-electron chi connectivity index (χ3n) is 4.40. The summed E-state index contributed by atoms with van der Waals surface area (Å²) in [5.41, 5.74) is 2.52. The van der Waals surface area contributed by atoms with Gasteiger partial charge in [0.05, 0.1) is 11.4 Å². The molecule has 0 atom stereocenters. The van der Waals surface area contributed by atoms with Gasteiger partial charge in [0.1, 0.15) is 0 Å². The van der Waals surface area contributed by atoms with Crippen molar-refractivity contribution in [3.8, 4) is 11.4 Å². The minimum Gasteiger partial charge on any atom is -0.481 e. The summed E-state index contributed by atoms with van der Waals surface area (Å²) in [4.78, 5) is 31.0. The molecule has 1 aliphatic carbocycles. The van der Waals surface area contributed by atoms with Crippen molar-refractivity contribution in [1.29, 1.82) is 0 Å². The first-order valence-electron chi connectivity index (χ1n) is 7.39. The standard InChI is InChI=1S/C17H16N2O4/c20-13(21)5-7-17(8-6-14(22)23)11-3-1-9-18-15(11)16-12(17)4-2-10-19-16/h1-4,9-10H,5-8H2,(H,20,21)(H,22,23). The van der Waals surface area contributed by atoms with E-state index in [9.17, 15) is 9.59 Å². The number of carboxylic acid groups (broad SMARTS) is 2. The van der Waals surface area contributed by atoms with Crippen LogP contribution in [0.2, 0.25) is 0 Å². The van der Waals surface area contributed by atoms with Gasteiger partial charge in [0, 0.05) is 30.7 Å². The molecule has 0 radical (unpaired) electrons. The molecule has 0 saturated carbocycles. The fraction of sp³-hybridized carbons (Fsp3) is 0.294. The van der Waals surface area contributed by atoms with Gasteiger partial charge in [0.2, 0.25) is 0 Å². The summed E-state index contributed by atoms with van der Waals surface area (Å²) < 4.78 is 0. The number of aliphatic carboxylic acids is 2. The molecule has 6 heteroatoms. The fourth-order valence-corrected chi connectivity index (χ4v) is 3.41. The van der Waals surface area contributed by atoms with Gasteiger partial charge in [-0.15, -0.1) is 0 Å². The molecule has 2 heterocycles. The molecule has 0 saturated heterocycles. The third kappa shape index (κ3) is 2.56. The second-order valence-electron chi connectivity index (χ2n) is 5.67. The van der Waals surface area contributed by atoms with Gasteiger partial charge in [0.25, 0.3) is 0 Å². The number of rotatable bonds is 6. The molecule has 2 aromatic heterocycles. The molecule has 0 bridgehead atoms. The van der Waals surface area contributed by atoms with Gasteiger partial charge in [-0.05, 0) is 36.1 Å². The number of carboxylic acids is 2. The van der Waals surface area contributed by atoms with E-state index in [0.717, 1.165) is 22.5 Å². The minimum atomic E-state index is -0.900.